The van der Waals surface area contributed by atoms with Crippen LogP contribution in [-0.4, -0.2) is 38.3 Å². The number of anilines is 2. The third kappa shape index (κ3) is 4.06. The van der Waals surface area contributed by atoms with Gasteiger partial charge in [0, 0.05) is 59.4 Å². The van der Waals surface area contributed by atoms with E-state index in [0.29, 0.717) is 35.5 Å². The summed E-state index contributed by atoms with van der Waals surface area (Å²) in [5.74, 6) is 0.209. The van der Waals surface area contributed by atoms with Crippen molar-refractivity contribution >= 4 is 29.2 Å². The van der Waals surface area contributed by atoms with Crippen LogP contribution in [0.5, 0.6) is 0 Å². The zero-order valence-electron chi connectivity index (χ0n) is 17.0. The zero-order chi connectivity index (χ0) is 22.0. The van der Waals surface area contributed by atoms with E-state index in [0.717, 1.165) is 16.7 Å². The van der Waals surface area contributed by atoms with Gasteiger partial charge in [0.1, 0.15) is 5.84 Å². The Hall–Kier alpha value is -4.27. The predicted octanol–water partition coefficient (Wildman–Crippen LogP) is 3.01. The number of aromatic nitrogens is 3. The molecule has 1 aliphatic heterocycles. The standard InChI is InChI=1S/C22H22N8O/c1-13-4-5-14(15-3-2-7-26-10-15)9-18(13)29-22(31)30-8-6-17(20(30)24)19(23)16-11-27-21(25)28-12-16/h2-5,7,9-12,24H,6,8,23H2,1H3,(H,29,31)(H2,25,27,28). The van der Waals surface area contributed by atoms with Gasteiger partial charge in [-0.15, -0.1) is 0 Å². The van der Waals surface area contributed by atoms with E-state index in [1.54, 1.807) is 12.4 Å². The first-order valence-electron chi connectivity index (χ1n) is 9.69. The van der Waals surface area contributed by atoms with Crippen LogP contribution < -0.4 is 16.8 Å². The molecule has 0 unspecified atom stereocenters. The van der Waals surface area contributed by atoms with Gasteiger partial charge in [-0.25, -0.2) is 14.8 Å². The van der Waals surface area contributed by atoms with Gasteiger partial charge < -0.3 is 16.8 Å². The monoisotopic (exact) mass is 414 g/mol. The molecule has 9 nitrogen and oxygen atoms in total. The molecule has 9 heteroatoms. The Morgan fingerprint density at radius 3 is 2.65 bits per heavy atom. The first kappa shape index (κ1) is 20.0. The van der Waals surface area contributed by atoms with E-state index in [4.69, 9.17) is 16.9 Å². The smallest absolute Gasteiger partial charge is 0.327 e. The van der Waals surface area contributed by atoms with E-state index < -0.39 is 0 Å². The van der Waals surface area contributed by atoms with Crippen LogP contribution in [0.1, 0.15) is 17.5 Å². The summed E-state index contributed by atoms with van der Waals surface area (Å²) < 4.78 is 0. The Bertz CT molecular complexity index is 1170. The summed E-state index contributed by atoms with van der Waals surface area (Å²) in [7, 11) is 0. The third-order valence-corrected chi connectivity index (χ3v) is 5.17. The number of nitrogens with two attached hydrogens (primary N) is 2. The second-order valence-corrected chi connectivity index (χ2v) is 7.17. The van der Waals surface area contributed by atoms with Crippen LogP contribution in [0.4, 0.5) is 16.4 Å². The lowest BCUT2D eigenvalue weighted by Crippen LogP contribution is -2.36. The van der Waals surface area contributed by atoms with Crippen molar-refractivity contribution in [2.24, 2.45) is 5.73 Å². The van der Waals surface area contributed by atoms with Crippen molar-refractivity contribution in [2.75, 3.05) is 17.6 Å². The van der Waals surface area contributed by atoms with Crippen molar-refractivity contribution in [1.29, 1.82) is 5.41 Å². The third-order valence-electron chi connectivity index (χ3n) is 5.17. The Morgan fingerprint density at radius 1 is 1.16 bits per heavy atom. The molecule has 0 bridgehead atoms. The summed E-state index contributed by atoms with van der Waals surface area (Å²) in [6.07, 6.45) is 6.97. The predicted molar refractivity (Wildman–Crippen MR) is 120 cm³/mol. The molecular formula is C22H22N8O. The molecule has 1 aromatic carbocycles. The number of likely N-dealkylation sites (tertiary alicyclic amines) is 1. The van der Waals surface area contributed by atoms with Gasteiger partial charge in [-0.05, 0) is 36.6 Å². The minimum atomic E-state index is -0.382. The molecule has 2 aromatic heterocycles. The molecule has 4 rings (SSSR count). The van der Waals surface area contributed by atoms with Crippen LogP contribution in [0.25, 0.3) is 16.8 Å². The molecule has 0 spiro atoms. The van der Waals surface area contributed by atoms with Gasteiger partial charge in [-0.3, -0.25) is 15.3 Å². The summed E-state index contributed by atoms with van der Waals surface area (Å²) in [6.45, 7) is 2.28. The number of amidine groups is 1. The maximum Gasteiger partial charge on any atom is 0.327 e. The van der Waals surface area contributed by atoms with Gasteiger partial charge >= 0.3 is 6.03 Å². The van der Waals surface area contributed by atoms with Crippen molar-refractivity contribution in [2.45, 2.75) is 13.3 Å². The maximum atomic E-state index is 12.9. The molecule has 6 N–H and O–H groups in total. The molecule has 1 fully saturated rings. The summed E-state index contributed by atoms with van der Waals surface area (Å²) in [6, 6.07) is 9.27. The van der Waals surface area contributed by atoms with Gasteiger partial charge in [0.05, 0.1) is 0 Å². The van der Waals surface area contributed by atoms with Crippen molar-refractivity contribution in [3.05, 3.63) is 71.8 Å². The van der Waals surface area contributed by atoms with Gasteiger partial charge in [0.15, 0.2) is 0 Å². The molecule has 3 aromatic rings. The number of aryl methyl sites for hydroxylation is 1. The van der Waals surface area contributed by atoms with Crippen LogP contribution in [0, 0.1) is 12.3 Å². The number of amides is 2. The molecule has 0 atom stereocenters. The molecule has 0 saturated carbocycles. The lowest BCUT2D eigenvalue weighted by molar-refractivity contribution is 0.236. The van der Waals surface area contributed by atoms with Crippen LogP contribution in [-0.2, 0) is 0 Å². The number of benzene rings is 1. The number of pyridine rings is 1. The summed E-state index contributed by atoms with van der Waals surface area (Å²) >= 11 is 0. The highest BCUT2D eigenvalue weighted by Gasteiger charge is 2.30. The second kappa shape index (κ2) is 8.23. The average molecular weight is 414 g/mol. The Kier molecular flexibility index (Phi) is 5.31. The minimum absolute atomic E-state index is 0.0629. The first-order valence-corrected chi connectivity index (χ1v) is 9.69. The average Bonchev–Trinajstić information content (AvgIpc) is 3.17. The highest BCUT2D eigenvalue weighted by molar-refractivity contribution is 6.13. The van der Waals surface area contributed by atoms with Crippen molar-refractivity contribution in [1.82, 2.24) is 19.9 Å². The number of hydrogen-bond donors (Lipinski definition) is 4. The van der Waals surface area contributed by atoms with Gasteiger partial charge in [0.25, 0.3) is 0 Å². The Morgan fingerprint density at radius 2 is 1.94 bits per heavy atom. The molecule has 156 valence electrons. The largest absolute Gasteiger partial charge is 0.398 e. The van der Waals surface area contributed by atoms with E-state index >= 15 is 0 Å². The normalized spacial score (nSPS) is 15.1. The van der Waals surface area contributed by atoms with Crippen molar-refractivity contribution < 1.29 is 4.79 Å². The second-order valence-electron chi connectivity index (χ2n) is 7.17. The number of carbonyl (C=O) groups is 1. The minimum Gasteiger partial charge on any atom is -0.398 e. The highest BCUT2D eigenvalue weighted by atomic mass is 16.2. The summed E-state index contributed by atoms with van der Waals surface area (Å²) in [4.78, 5) is 26.3. The van der Waals surface area contributed by atoms with Crippen LogP contribution in [0.3, 0.4) is 0 Å². The van der Waals surface area contributed by atoms with E-state index in [9.17, 15) is 4.79 Å². The van der Waals surface area contributed by atoms with Gasteiger partial charge in [0.2, 0.25) is 5.95 Å². The molecule has 1 aliphatic rings. The Balaban J connectivity index is 1.54. The fourth-order valence-electron chi connectivity index (χ4n) is 3.39. The van der Waals surface area contributed by atoms with Crippen molar-refractivity contribution in [3.63, 3.8) is 0 Å². The van der Waals surface area contributed by atoms with E-state index in [1.165, 1.54) is 17.3 Å². The number of nitrogen functional groups attached to an aromatic ring is 1. The van der Waals surface area contributed by atoms with Crippen LogP contribution in [0.2, 0.25) is 0 Å². The van der Waals surface area contributed by atoms with Crippen LogP contribution >= 0.6 is 0 Å². The summed E-state index contributed by atoms with van der Waals surface area (Å²) in [5.41, 5.74) is 16.7. The molecule has 2 amide bonds. The lowest BCUT2D eigenvalue weighted by atomic mass is 10.0. The molecular weight excluding hydrogens is 392 g/mol. The van der Waals surface area contributed by atoms with Crippen molar-refractivity contribution in [3.8, 4) is 11.1 Å². The van der Waals surface area contributed by atoms with E-state index in [1.807, 2.05) is 37.3 Å². The first-order chi connectivity index (χ1) is 14.9. The number of rotatable bonds is 3. The molecule has 0 aliphatic carbocycles. The number of hydrogen-bond acceptors (Lipinski definition) is 7. The number of nitrogens with one attached hydrogen (secondary N) is 2. The molecule has 31 heavy (non-hydrogen) atoms. The number of nitrogens with zero attached hydrogens (tertiary/aromatic N) is 4. The van der Waals surface area contributed by atoms with Gasteiger partial charge in [-0.1, -0.05) is 18.2 Å². The molecule has 1 saturated heterocycles. The van der Waals surface area contributed by atoms with E-state index in [-0.39, 0.29) is 17.8 Å². The molecule has 0 radical (unpaired) electrons. The number of carbonyl (C=O) groups excluding carboxylic acids is 1. The molecule has 3 heterocycles. The number of urea groups is 1. The topological polar surface area (TPSA) is 147 Å². The Labute approximate surface area is 179 Å². The van der Waals surface area contributed by atoms with Gasteiger partial charge in [-0.2, -0.15) is 0 Å². The van der Waals surface area contributed by atoms with Crippen LogP contribution in [0.15, 0.2) is 60.7 Å². The fraction of sp³-hybridized carbons (Fsp3) is 0.136. The van der Waals surface area contributed by atoms with E-state index in [2.05, 4.69) is 20.3 Å². The zero-order valence-corrected chi connectivity index (χ0v) is 17.0. The fourth-order valence-corrected chi connectivity index (χ4v) is 3.39. The maximum absolute atomic E-state index is 12.9. The lowest BCUT2D eigenvalue weighted by Gasteiger charge is -2.18. The summed E-state index contributed by atoms with van der Waals surface area (Å²) in [5, 5.41) is 11.4. The highest BCUT2D eigenvalue weighted by Crippen LogP contribution is 2.27. The SMILES string of the molecule is Cc1ccc(-c2cccnc2)cc1NC(=O)N1CCC(=C(N)c2cnc(N)nc2)C1=N. The quantitative estimate of drug-likeness (QED) is 0.518.